The van der Waals surface area contributed by atoms with E-state index in [1.54, 1.807) is 0 Å². The van der Waals surface area contributed by atoms with E-state index in [0.717, 1.165) is 17.0 Å². The van der Waals surface area contributed by atoms with E-state index in [1.165, 1.54) is 32.1 Å². The second kappa shape index (κ2) is 4.12. The second-order valence-electron chi connectivity index (χ2n) is 4.45. The average molecular weight is 216 g/mol. The van der Waals surface area contributed by atoms with E-state index in [-0.39, 0.29) is 0 Å². The van der Waals surface area contributed by atoms with E-state index in [1.807, 2.05) is 18.5 Å². The van der Waals surface area contributed by atoms with Gasteiger partial charge in [-0.15, -0.1) is 0 Å². The lowest BCUT2D eigenvalue weighted by Gasteiger charge is -2.22. The highest BCUT2D eigenvalue weighted by Gasteiger charge is 2.14. The largest absolute Gasteiger partial charge is 0.359 e. The first kappa shape index (κ1) is 9.63. The molecule has 0 saturated heterocycles. The number of anilines is 1. The third kappa shape index (κ3) is 1.87. The third-order valence-corrected chi connectivity index (χ3v) is 3.24. The molecule has 1 fully saturated rings. The molecule has 0 spiro atoms. The number of rotatable bonds is 2. The minimum Gasteiger partial charge on any atom is -0.359 e. The van der Waals surface area contributed by atoms with Crippen LogP contribution in [0.25, 0.3) is 11.0 Å². The maximum Gasteiger partial charge on any atom is 0.223 e. The molecule has 0 aromatic carbocycles. The zero-order valence-electron chi connectivity index (χ0n) is 9.24. The Morgan fingerprint density at radius 1 is 1.25 bits per heavy atom. The molecule has 1 aliphatic rings. The molecule has 0 bridgehead atoms. The zero-order chi connectivity index (χ0) is 10.8. The van der Waals surface area contributed by atoms with Crippen LogP contribution in [0.4, 0.5) is 5.95 Å². The van der Waals surface area contributed by atoms with Crippen molar-refractivity contribution in [2.45, 2.75) is 38.1 Å². The topological polar surface area (TPSA) is 53.6 Å². The van der Waals surface area contributed by atoms with Gasteiger partial charge in [-0.3, -0.25) is 0 Å². The summed E-state index contributed by atoms with van der Waals surface area (Å²) in [5.74, 6) is 0.763. The molecular weight excluding hydrogens is 200 g/mol. The number of fused-ring (bicyclic) bond motifs is 1. The Hall–Kier alpha value is -1.58. The van der Waals surface area contributed by atoms with Gasteiger partial charge in [0.1, 0.15) is 0 Å². The summed E-state index contributed by atoms with van der Waals surface area (Å²) < 4.78 is 0. The number of hydrogen-bond acceptors (Lipinski definition) is 3. The van der Waals surface area contributed by atoms with E-state index < -0.39 is 0 Å². The molecule has 84 valence electrons. The summed E-state index contributed by atoms with van der Waals surface area (Å²) in [6.07, 6.45) is 10.2. The Kier molecular flexibility index (Phi) is 2.48. The fourth-order valence-electron chi connectivity index (χ4n) is 2.34. The Labute approximate surface area is 94.5 Å². The summed E-state index contributed by atoms with van der Waals surface area (Å²) in [5, 5.41) is 3.43. The van der Waals surface area contributed by atoms with Crippen molar-refractivity contribution in [3.8, 4) is 0 Å². The molecule has 4 nitrogen and oxygen atoms in total. The van der Waals surface area contributed by atoms with Crippen molar-refractivity contribution in [1.82, 2.24) is 15.0 Å². The van der Waals surface area contributed by atoms with Gasteiger partial charge in [0.2, 0.25) is 5.95 Å². The van der Waals surface area contributed by atoms with Gasteiger partial charge in [0.15, 0.2) is 0 Å². The molecule has 2 aromatic heterocycles. The van der Waals surface area contributed by atoms with Crippen LogP contribution in [0.2, 0.25) is 0 Å². The van der Waals surface area contributed by atoms with Crippen molar-refractivity contribution in [3.63, 3.8) is 0 Å². The molecule has 2 N–H and O–H groups in total. The van der Waals surface area contributed by atoms with Gasteiger partial charge in [0.05, 0.1) is 17.2 Å². The van der Waals surface area contributed by atoms with Crippen LogP contribution in [0.5, 0.6) is 0 Å². The number of nitrogens with zero attached hydrogens (tertiary/aromatic N) is 2. The van der Waals surface area contributed by atoms with Crippen LogP contribution < -0.4 is 5.32 Å². The summed E-state index contributed by atoms with van der Waals surface area (Å²) in [7, 11) is 0. The molecule has 2 heterocycles. The molecule has 16 heavy (non-hydrogen) atoms. The predicted molar refractivity (Wildman–Crippen MR) is 64.4 cm³/mol. The van der Waals surface area contributed by atoms with Crippen molar-refractivity contribution in [3.05, 3.63) is 18.5 Å². The van der Waals surface area contributed by atoms with Gasteiger partial charge in [0.25, 0.3) is 0 Å². The highest BCUT2D eigenvalue weighted by Crippen LogP contribution is 2.20. The smallest absolute Gasteiger partial charge is 0.223 e. The van der Waals surface area contributed by atoms with Crippen molar-refractivity contribution in [2.75, 3.05) is 5.32 Å². The summed E-state index contributed by atoms with van der Waals surface area (Å²) in [6, 6.07) is 2.54. The maximum absolute atomic E-state index is 4.48. The van der Waals surface area contributed by atoms with Crippen LogP contribution in [-0.4, -0.2) is 21.0 Å². The first-order valence-electron chi connectivity index (χ1n) is 5.98. The van der Waals surface area contributed by atoms with Crippen molar-refractivity contribution in [1.29, 1.82) is 0 Å². The zero-order valence-corrected chi connectivity index (χ0v) is 9.24. The second-order valence-corrected chi connectivity index (χ2v) is 4.45. The molecular formula is C12H16N4. The molecule has 0 aliphatic heterocycles. The quantitative estimate of drug-likeness (QED) is 0.811. The first-order valence-corrected chi connectivity index (χ1v) is 5.98. The normalized spacial score (nSPS) is 17.8. The van der Waals surface area contributed by atoms with Crippen LogP contribution in [-0.2, 0) is 0 Å². The van der Waals surface area contributed by atoms with E-state index in [0.29, 0.717) is 6.04 Å². The van der Waals surface area contributed by atoms with Gasteiger partial charge in [-0.1, -0.05) is 19.3 Å². The Morgan fingerprint density at radius 2 is 2.12 bits per heavy atom. The highest BCUT2D eigenvalue weighted by molar-refractivity contribution is 5.74. The average Bonchev–Trinajstić information content (AvgIpc) is 2.77. The van der Waals surface area contributed by atoms with E-state index in [9.17, 15) is 0 Å². The predicted octanol–water partition coefficient (Wildman–Crippen LogP) is 2.70. The maximum atomic E-state index is 4.48. The molecule has 1 aliphatic carbocycles. The first-order chi connectivity index (χ1) is 7.92. The summed E-state index contributed by atoms with van der Waals surface area (Å²) in [5.41, 5.74) is 1.97. The molecule has 0 atom stereocenters. The molecule has 3 rings (SSSR count). The number of nitrogens with one attached hydrogen (secondary N) is 2. The Bertz CT molecular complexity index is 471. The number of hydrogen-bond donors (Lipinski definition) is 2. The fraction of sp³-hybridized carbons (Fsp3) is 0.500. The van der Waals surface area contributed by atoms with Gasteiger partial charge in [0, 0.05) is 12.2 Å². The van der Waals surface area contributed by atoms with Crippen LogP contribution >= 0.6 is 0 Å². The molecule has 2 aromatic rings. The van der Waals surface area contributed by atoms with Crippen molar-refractivity contribution < 1.29 is 0 Å². The SMILES string of the molecule is c1cc2nc(NC3CCCCC3)ncc2[nH]1. The van der Waals surface area contributed by atoms with E-state index in [4.69, 9.17) is 0 Å². The lowest BCUT2D eigenvalue weighted by molar-refractivity contribution is 0.461. The molecule has 4 heteroatoms. The minimum absolute atomic E-state index is 0.560. The van der Waals surface area contributed by atoms with Gasteiger partial charge in [-0.2, -0.15) is 0 Å². The third-order valence-electron chi connectivity index (χ3n) is 3.24. The molecule has 1 saturated carbocycles. The summed E-state index contributed by atoms with van der Waals surface area (Å²) in [4.78, 5) is 11.9. The number of aromatic nitrogens is 3. The van der Waals surface area contributed by atoms with Gasteiger partial charge in [-0.05, 0) is 18.9 Å². The fourth-order valence-corrected chi connectivity index (χ4v) is 2.34. The van der Waals surface area contributed by atoms with Crippen molar-refractivity contribution in [2.24, 2.45) is 0 Å². The molecule has 0 radical (unpaired) electrons. The van der Waals surface area contributed by atoms with Gasteiger partial charge < -0.3 is 10.3 Å². The summed E-state index contributed by atoms with van der Waals surface area (Å²) in [6.45, 7) is 0. The number of H-pyrrole nitrogens is 1. The molecule has 0 amide bonds. The Morgan fingerprint density at radius 3 is 3.00 bits per heavy atom. The van der Waals surface area contributed by atoms with Crippen LogP contribution in [0.3, 0.4) is 0 Å². The van der Waals surface area contributed by atoms with Crippen LogP contribution in [0.1, 0.15) is 32.1 Å². The van der Waals surface area contributed by atoms with Crippen LogP contribution in [0.15, 0.2) is 18.5 Å². The summed E-state index contributed by atoms with van der Waals surface area (Å²) >= 11 is 0. The standard InChI is InChI=1S/C12H16N4/c1-2-4-9(5-3-1)15-12-14-8-11-10(16-12)6-7-13-11/h6-9,13H,1-5H2,(H,14,15,16). The minimum atomic E-state index is 0.560. The number of aromatic amines is 1. The molecule has 0 unspecified atom stereocenters. The monoisotopic (exact) mass is 216 g/mol. The van der Waals surface area contributed by atoms with Gasteiger partial charge in [-0.25, -0.2) is 9.97 Å². The van der Waals surface area contributed by atoms with Gasteiger partial charge >= 0.3 is 0 Å². The van der Waals surface area contributed by atoms with E-state index in [2.05, 4.69) is 20.3 Å². The van der Waals surface area contributed by atoms with Crippen LogP contribution in [0, 0.1) is 0 Å². The van der Waals surface area contributed by atoms with Crippen molar-refractivity contribution >= 4 is 17.0 Å². The highest BCUT2D eigenvalue weighted by atomic mass is 15.1. The lowest BCUT2D eigenvalue weighted by Crippen LogP contribution is -2.23. The van der Waals surface area contributed by atoms with E-state index >= 15 is 0 Å². The lowest BCUT2D eigenvalue weighted by atomic mass is 9.96. The Balaban J connectivity index is 1.77.